The molecule has 3 heterocycles. The average Bonchev–Trinajstić information content (AvgIpc) is 3.23. The largest absolute Gasteiger partial charge is 0.518 e. The molecule has 0 aliphatic carbocycles. The number of nitrogens with one attached hydrogen (secondary N) is 2. The van der Waals surface area contributed by atoms with Gasteiger partial charge in [0.05, 0.1) is 6.20 Å². The van der Waals surface area contributed by atoms with E-state index in [1.807, 2.05) is 18.2 Å². The van der Waals surface area contributed by atoms with E-state index in [2.05, 4.69) is 32.6 Å². The molecule has 10 heteroatoms. The van der Waals surface area contributed by atoms with Gasteiger partial charge in [0.25, 0.3) is 0 Å². The molecule has 34 heavy (non-hydrogen) atoms. The number of allylic oxidation sites excluding steroid dienone is 1. The van der Waals surface area contributed by atoms with E-state index >= 15 is 0 Å². The molecular weight excluding hydrogens is 658 g/mol. The topological polar surface area (TPSA) is 103 Å². The number of aromatic nitrogens is 4. The fourth-order valence-corrected chi connectivity index (χ4v) is 3.87. The van der Waals surface area contributed by atoms with E-state index < -0.39 is 0 Å². The Bertz CT molecular complexity index is 1130. The van der Waals surface area contributed by atoms with Crippen LogP contribution in [-0.4, -0.2) is 44.7 Å². The first-order valence-corrected chi connectivity index (χ1v) is 11.2. The minimum Gasteiger partial charge on any atom is -0.518 e. The summed E-state index contributed by atoms with van der Waals surface area (Å²) < 4.78 is 13.1. The smallest absolute Gasteiger partial charge is 0.322 e. The Morgan fingerprint density at radius 1 is 1.38 bits per heavy atom. The van der Waals surface area contributed by atoms with Crippen molar-refractivity contribution >= 4 is 17.6 Å². The molecule has 0 spiro atoms. The molecule has 0 amide bonds. The number of para-hydroxylation sites is 1. The maximum absolute atomic E-state index is 11.5. The second-order valence-electron chi connectivity index (χ2n) is 8.18. The van der Waals surface area contributed by atoms with Crippen molar-refractivity contribution in [1.29, 1.82) is 0 Å². The zero-order valence-corrected chi connectivity index (χ0v) is 23.6. The maximum Gasteiger partial charge on any atom is 0.322 e. The zero-order valence-electron chi connectivity index (χ0n) is 19.5. The Balaban J connectivity index is 0.00000324. The van der Waals surface area contributed by atoms with Gasteiger partial charge in [0.15, 0.2) is 5.65 Å². The Hall–Kier alpha value is -2.41. The Morgan fingerprint density at radius 2 is 2.21 bits per heavy atom. The number of hydrogen-bond acceptors (Lipinski definition) is 8. The van der Waals surface area contributed by atoms with Crippen molar-refractivity contribution < 1.29 is 45.4 Å². The van der Waals surface area contributed by atoms with Gasteiger partial charge in [-0.1, -0.05) is 31.5 Å². The summed E-state index contributed by atoms with van der Waals surface area (Å²) in [7, 11) is 0. The number of fused-ring (bicyclic) bond motifs is 1. The summed E-state index contributed by atoms with van der Waals surface area (Å²) in [5.41, 5.74) is 2.46. The van der Waals surface area contributed by atoms with Crippen LogP contribution in [0.4, 0.5) is 5.95 Å². The van der Waals surface area contributed by atoms with Crippen LogP contribution >= 0.6 is 0 Å². The summed E-state index contributed by atoms with van der Waals surface area (Å²) in [6.07, 6.45) is 6.15. The predicted octanol–water partition coefficient (Wildman–Crippen LogP) is 3.28. The summed E-state index contributed by atoms with van der Waals surface area (Å²) in [4.78, 5) is 20.7. The van der Waals surface area contributed by atoms with Gasteiger partial charge in [0.1, 0.15) is 11.9 Å². The second kappa shape index (κ2) is 12.3. The first-order chi connectivity index (χ1) is 16.0. The number of rotatable bonds is 9. The molecule has 0 bridgehead atoms. The van der Waals surface area contributed by atoms with Gasteiger partial charge in [-0.2, -0.15) is 19.6 Å². The van der Waals surface area contributed by atoms with Gasteiger partial charge in [-0.15, -0.1) is 0 Å². The van der Waals surface area contributed by atoms with Crippen molar-refractivity contribution in [2.75, 3.05) is 18.4 Å². The number of piperidine rings is 1. The van der Waals surface area contributed by atoms with E-state index in [-0.39, 0.29) is 49.1 Å². The average molecular weight is 688 g/mol. The molecule has 1 fully saturated rings. The van der Waals surface area contributed by atoms with Crippen molar-refractivity contribution in [3.05, 3.63) is 54.2 Å². The number of benzene rings is 1. The predicted molar refractivity (Wildman–Crippen MR) is 124 cm³/mol. The first kappa shape index (κ1) is 26.2. The van der Waals surface area contributed by atoms with Crippen molar-refractivity contribution in [2.45, 2.75) is 51.7 Å². The van der Waals surface area contributed by atoms with Crippen LogP contribution in [0.15, 0.2) is 36.5 Å². The van der Waals surface area contributed by atoms with Crippen molar-refractivity contribution in [3.63, 3.8) is 0 Å². The summed E-state index contributed by atoms with van der Waals surface area (Å²) in [6, 6.07) is 7.67. The minimum absolute atomic E-state index is 0. The molecule has 1 aliphatic rings. The molecule has 178 valence electrons. The van der Waals surface area contributed by atoms with Crippen LogP contribution in [0.2, 0.25) is 0 Å². The molecule has 1 unspecified atom stereocenters. The third-order valence-corrected chi connectivity index (χ3v) is 5.58. The van der Waals surface area contributed by atoms with E-state index in [1.54, 1.807) is 22.9 Å². The van der Waals surface area contributed by atoms with Gasteiger partial charge in [-0.25, -0.2) is 0 Å². The van der Waals surface area contributed by atoms with Gasteiger partial charge >= 0.3 is 12.0 Å². The summed E-state index contributed by atoms with van der Waals surface area (Å²) in [6.45, 7) is 11.3. The number of nitrogens with zero attached hydrogens (tertiary/aromatic N) is 4. The first-order valence-electron chi connectivity index (χ1n) is 11.2. The fraction of sp³-hybridized carbons (Fsp3) is 0.417. The number of ether oxygens (including phenoxy) is 2. The van der Waals surface area contributed by atoms with E-state index in [1.165, 1.54) is 6.92 Å². The van der Waals surface area contributed by atoms with Crippen molar-refractivity contribution in [1.82, 2.24) is 24.9 Å². The molecule has 2 atom stereocenters. The van der Waals surface area contributed by atoms with Gasteiger partial charge in [-0.3, -0.25) is 10.9 Å². The molecule has 1 saturated heterocycles. The maximum atomic E-state index is 11.5. The van der Waals surface area contributed by atoms with Gasteiger partial charge in [0.2, 0.25) is 5.95 Å². The van der Waals surface area contributed by atoms with Gasteiger partial charge in [0, 0.05) is 62.3 Å². The number of esters is 1. The van der Waals surface area contributed by atoms with E-state index in [9.17, 15) is 4.79 Å². The molecule has 4 rings (SSSR count). The normalized spacial score (nSPS) is 16.4. The molecule has 0 saturated carbocycles. The Morgan fingerprint density at radius 3 is 2.94 bits per heavy atom. The number of carbonyl (C=O) groups is 1. The van der Waals surface area contributed by atoms with Crippen LogP contribution in [0.5, 0.6) is 11.8 Å². The second-order valence-corrected chi connectivity index (χ2v) is 8.18. The zero-order chi connectivity index (χ0) is 23.2. The van der Waals surface area contributed by atoms with Crippen LogP contribution < -0.4 is 20.1 Å². The Labute approximate surface area is 223 Å². The molecule has 9 nitrogen and oxygen atoms in total. The number of carbonyl (C=O) groups excluding carboxylic acids is 1. The van der Waals surface area contributed by atoms with E-state index in [0.29, 0.717) is 36.3 Å². The minimum atomic E-state index is -0.369. The van der Waals surface area contributed by atoms with E-state index in [4.69, 9.17) is 16.1 Å². The van der Waals surface area contributed by atoms with Crippen LogP contribution in [0.1, 0.15) is 50.2 Å². The molecule has 2 aromatic heterocycles. The molecule has 0 radical (unpaired) electrons. The van der Waals surface area contributed by atoms with Crippen molar-refractivity contribution in [2.24, 2.45) is 0 Å². The fourth-order valence-electron chi connectivity index (χ4n) is 3.87. The third-order valence-electron chi connectivity index (χ3n) is 5.58. The van der Waals surface area contributed by atoms with Gasteiger partial charge in [-0.05, 0) is 31.4 Å². The molecule has 1 aromatic carbocycles. The SMILES string of the molecule is [CH-]=CCC(C)c1cnn2c(NCc3ccccc3OC(C)=O)nc(O[C@@H]3CCCNC3)nc12.[U]. The molecule has 1 aliphatic heterocycles. The van der Waals surface area contributed by atoms with Gasteiger partial charge < -0.3 is 26.7 Å². The monoisotopic (exact) mass is 687 g/mol. The molecular formula is C24H29N6O3U-. The van der Waals surface area contributed by atoms with Crippen LogP contribution in [0, 0.1) is 37.7 Å². The molecule has 3 aromatic rings. The molecule has 2 N–H and O–H groups in total. The summed E-state index contributed by atoms with van der Waals surface area (Å²) >= 11 is 0. The quantitative estimate of drug-likeness (QED) is 0.201. The van der Waals surface area contributed by atoms with Crippen LogP contribution in [0.25, 0.3) is 5.65 Å². The third kappa shape index (κ3) is 6.38. The standard InChI is InChI=1S/C24H29N6O3.U/c1-4-8-16(2)20-15-27-30-22(20)28-24(33-19-10-7-12-25-14-19)29-23(30)26-13-18-9-5-6-11-21(18)32-17(3)31;/h1,4-6,9,11,15-16,19,25H,7-8,10,12-14H2,2-3H3,(H,26,28,29);/q-1;/t16?,19-;/m1./s1. The van der Waals surface area contributed by atoms with E-state index in [0.717, 1.165) is 37.1 Å². The van der Waals surface area contributed by atoms with Crippen molar-refractivity contribution in [3.8, 4) is 11.8 Å². The summed E-state index contributed by atoms with van der Waals surface area (Å²) in [5, 5.41) is 11.2. The van der Waals surface area contributed by atoms with Crippen LogP contribution in [0.3, 0.4) is 0 Å². The Kier molecular flexibility index (Phi) is 9.51. The number of hydrogen-bond donors (Lipinski definition) is 2. The number of anilines is 1. The summed E-state index contributed by atoms with van der Waals surface area (Å²) in [5.74, 6) is 0.766. The van der Waals surface area contributed by atoms with Crippen LogP contribution in [-0.2, 0) is 11.3 Å².